The van der Waals surface area contributed by atoms with Crippen molar-refractivity contribution in [3.63, 3.8) is 0 Å². The predicted molar refractivity (Wildman–Crippen MR) is 93.3 cm³/mol. The third-order valence-corrected chi connectivity index (χ3v) is 5.89. The Bertz CT molecular complexity index is 1110. The molecule has 130 valence electrons. The highest BCUT2D eigenvalue weighted by atomic mass is 35.5. The number of nitrogens with zero attached hydrogens (tertiary/aromatic N) is 2. The maximum Gasteiger partial charge on any atom is 0.289 e. The molecule has 0 radical (unpaired) electrons. The SMILES string of the molecule is Cc1cccc2c(CO)cn(S(=O)(=O)c3ccc(Cl)c([N+](=O)[O-])c3)c12. The van der Waals surface area contributed by atoms with Crippen LogP contribution < -0.4 is 0 Å². The Morgan fingerprint density at radius 3 is 2.64 bits per heavy atom. The first kappa shape index (κ1) is 17.4. The van der Waals surface area contributed by atoms with Gasteiger partial charge in [0.25, 0.3) is 15.7 Å². The molecule has 0 aliphatic carbocycles. The topological polar surface area (TPSA) is 102 Å². The first-order valence-corrected chi connectivity index (χ1v) is 8.99. The average Bonchev–Trinajstić information content (AvgIpc) is 2.95. The number of aromatic nitrogens is 1. The number of rotatable bonds is 4. The first-order valence-electron chi connectivity index (χ1n) is 7.17. The smallest absolute Gasteiger partial charge is 0.289 e. The van der Waals surface area contributed by atoms with Crippen LogP contribution in [0.15, 0.2) is 47.5 Å². The molecule has 1 N–H and O–H groups in total. The molecular formula is C16H13ClN2O5S. The number of hydrogen-bond donors (Lipinski definition) is 1. The molecule has 0 aliphatic rings. The normalized spacial score (nSPS) is 11.8. The van der Waals surface area contributed by atoms with Crippen LogP contribution in [0, 0.1) is 17.0 Å². The molecule has 0 aliphatic heterocycles. The van der Waals surface area contributed by atoms with E-state index in [1.807, 2.05) is 0 Å². The molecule has 0 amide bonds. The summed E-state index contributed by atoms with van der Waals surface area (Å²) in [5.41, 5.74) is 1.08. The van der Waals surface area contributed by atoms with Crippen molar-refractivity contribution in [3.8, 4) is 0 Å². The fraction of sp³-hybridized carbons (Fsp3) is 0.125. The van der Waals surface area contributed by atoms with Gasteiger partial charge in [0.15, 0.2) is 0 Å². The summed E-state index contributed by atoms with van der Waals surface area (Å²) in [6.07, 6.45) is 1.33. The molecule has 1 heterocycles. The molecule has 1 aromatic heterocycles. The van der Waals surface area contributed by atoms with Crippen molar-refractivity contribution < 1.29 is 18.4 Å². The molecule has 0 saturated heterocycles. The van der Waals surface area contributed by atoms with Crippen LogP contribution in [0.4, 0.5) is 5.69 Å². The zero-order valence-corrected chi connectivity index (χ0v) is 14.6. The second-order valence-electron chi connectivity index (χ2n) is 5.45. The van der Waals surface area contributed by atoms with Gasteiger partial charge in [-0.3, -0.25) is 10.1 Å². The Morgan fingerprint density at radius 1 is 1.28 bits per heavy atom. The van der Waals surface area contributed by atoms with Gasteiger partial charge in [-0.05, 0) is 24.6 Å². The summed E-state index contributed by atoms with van der Waals surface area (Å²) in [6.45, 7) is 1.42. The maximum atomic E-state index is 13.0. The number of para-hydroxylation sites is 1. The number of hydrogen-bond acceptors (Lipinski definition) is 5. The summed E-state index contributed by atoms with van der Waals surface area (Å²) in [7, 11) is -4.11. The zero-order valence-electron chi connectivity index (χ0n) is 13.0. The van der Waals surface area contributed by atoms with Gasteiger partial charge in [0.05, 0.1) is 21.9 Å². The lowest BCUT2D eigenvalue weighted by Gasteiger charge is -2.09. The number of nitro benzene ring substituents is 1. The molecule has 3 aromatic rings. The number of fused-ring (bicyclic) bond motifs is 1. The second kappa shape index (κ2) is 6.14. The predicted octanol–water partition coefficient (Wildman–Crippen LogP) is 3.24. The number of aryl methyl sites for hydroxylation is 1. The fourth-order valence-corrected chi connectivity index (χ4v) is 4.37. The van der Waals surface area contributed by atoms with Crippen LogP contribution in [-0.4, -0.2) is 22.4 Å². The highest BCUT2D eigenvalue weighted by Crippen LogP contribution is 2.31. The molecule has 0 bridgehead atoms. The van der Waals surface area contributed by atoms with Crippen molar-refractivity contribution in [1.29, 1.82) is 0 Å². The van der Waals surface area contributed by atoms with Crippen LogP contribution in [0.1, 0.15) is 11.1 Å². The highest BCUT2D eigenvalue weighted by Gasteiger charge is 2.25. The number of benzene rings is 2. The number of aliphatic hydroxyl groups excluding tert-OH is 1. The van der Waals surface area contributed by atoms with Crippen molar-refractivity contribution in [2.24, 2.45) is 0 Å². The molecule has 9 heteroatoms. The van der Waals surface area contributed by atoms with E-state index in [0.717, 1.165) is 10.0 Å². The summed E-state index contributed by atoms with van der Waals surface area (Å²) in [5, 5.41) is 21.0. The Hall–Kier alpha value is -2.42. The van der Waals surface area contributed by atoms with Crippen LogP contribution in [0.25, 0.3) is 10.9 Å². The molecule has 0 fully saturated rings. The van der Waals surface area contributed by atoms with Crippen LogP contribution in [0.3, 0.4) is 0 Å². The Balaban J connectivity index is 2.31. The van der Waals surface area contributed by atoms with Gasteiger partial charge < -0.3 is 5.11 Å². The van der Waals surface area contributed by atoms with Crippen molar-refractivity contribution in [1.82, 2.24) is 3.97 Å². The van der Waals surface area contributed by atoms with E-state index in [2.05, 4.69) is 0 Å². The summed E-state index contributed by atoms with van der Waals surface area (Å²) in [4.78, 5) is 10.0. The lowest BCUT2D eigenvalue weighted by Crippen LogP contribution is -2.12. The fourth-order valence-electron chi connectivity index (χ4n) is 2.71. The van der Waals surface area contributed by atoms with E-state index in [1.54, 1.807) is 25.1 Å². The van der Waals surface area contributed by atoms with Crippen molar-refractivity contribution >= 4 is 38.2 Å². The van der Waals surface area contributed by atoms with Gasteiger partial charge >= 0.3 is 0 Å². The molecule has 0 atom stereocenters. The van der Waals surface area contributed by atoms with E-state index < -0.39 is 20.6 Å². The minimum atomic E-state index is -4.11. The minimum absolute atomic E-state index is 0.145. The third-order valence-electron chi connectivity index (χ3n) is 3.92. The average molecular weight is 381 g/mol. The lowest BCUT2D eigenvalue weighted by atomic mass is 10.1. The molecule has 0 spiro atoms. The van der Waals surface area contributed by atoms with E-state index in [0.29, 0.717) is 22.0 Å². The molecule has 0 unspecified atom stereocenters. The summed E-state index contributed by atoms with van der Waals surface area (Å²) < 4.78 is 27.1. The lowest BCUT2D eigenvalue weighted by molar-refractivity contribution is -0.384. The van der Waals surface area contributed by atoms with Crippen LogP contribution in [0.5, 0.6) is 0 Å². The number of nitro groups is 1. The number of halogens is 1. The summed E-state index contributed by atoms with van der Waals surface area (Å²) in [6, 6.07) is 8.55. The van der Waals surface area contributed by atoms with E-state index in [-0.39, 0.29) is 16.5 Å². The molecule has 25 heavy (non-hydrogen) atoms. The van der Waals surface area contributed by atoms with Crippen LogP contribution in [0.2, 0.25) is 5.02 Å². The monoisotopic (exact) mass is 380 g/mol. The van der Waals surface area contributed by atoms with E-state index in [9.17, 15) is 23.6 Å². The first-order chi connectivity index (χ1) is 11.8. The van der Waals surface area contributed by atoms with Gasteiger partial charge in [-0.2, -0.15) is 0 Å². The van der Waals surface area contributed by atoms with Gasteiger partial charge in [-0.1, -0.05) is 29.8 Å². The Kier molecular flexibility index (Phi) is 4.28. The largest absolute Gasteiger partial charge is 0.392 e. The molecular weight excluding hydrogens is 368 g/mol. The van der Waals surface area contributed by atoms with Gasteiger partial charge in [0, 0.05) is 23.2 Å². The Labute approximate surface area is 148 Å². The second-order valence-corrected chi connectivity index (χ2v) is 7.68. The van der Waals surface area contributed by atoms with E-state index in [1.165, 1.54) is 18.3 Å². The van der Waals surface area contributed by atoms with Gasteiger partial charge in [0.2, 0.25) is 0 Å². The van der Waals surface area contributed by atoms with E-state index in [4.69, 9.17) is 11.6 Å². The van der Waals surface area contributed by atoms with Crippen molar-refractivity contribution in [2.45, 2.75) is 18.4 Å². The van der Waals surface area contributed by atoms with E-state index >= 15 is 0 Å². The summed E-state index contributed by atoms with van der Waals surface area (Å²) >= 11 is 5.76. The Morgan fingerprint density at radius 2 is 2.00 bits per heavy atom. The highest BCUT2D eigenvalue weighted by molar-refractivity contribution is 7.90. The third kappa shape index (κ3) is 2.78. The summed E-state index contributed by atoms with van der Waals surface area (Å²) in [5.74, 6) is 0. The van der Waals surface area contributed by atoms with Crippen molar-refractivity contribution in [3.05, 3.63) is 68.9 Å². The van der Waals surface area contributed by atoms with Gasteiger partial charge in [-0.25, -0.2) is 12.4 Å². The molecule has 2 aromatic carbocycles. The van der Waals surface area contributed by atoms with Crippen molar-refractivity contribution in [2.75, 3.05) is 0 Å². The molecule has 0 saturated carbocycles. The maximum absolute atomic E-state index is 13.0. The minimum Gasteiger partial charge on any atom is -0.392 e. The quantitative estimate of drug-likeness (QED) is 0.553. The van der Waals surface area contributed by atoms with Gasteiger partial charge in [-0.15, -0.1) is 0 Å². The molecule has 3 rings (SSSR count). The van der Waals surface area contributed by atoms with Gasteiger partial charge in [0.1, 0.15) is 5.02 Å². The number of aliphatic hydroxyl groups is 1. The van der Waals surface area contributed by atoms with Crippen LogP contribution >= 0.6 is 11.6 Å². The zero-order chi connectivity index (χ0) is 18.4. The van der Waals surface area contributed by atoms with Crippen LogP contribution in [-0.2, 0) is 16.6 Å². The molecule has 7 nitrogen and oxygen atoms in total. The standard InChI is InChI=1S/C16H13ClN2O5S/c1-10-3-2-4-13-11(9-20)8-18(16(10)13)25(23,24)12-5-6-14(17)15(7-12)19(21)22/h2-8,20H,9H2,1H3.